The number of fused-ring (bicyclic) bond motifs is 6. The Morgan fingerprint density at radius 3 is 0.938 bits per heavy atom. The zero-order valence-corrected chi connectivity index (χ0v) is 44.7. The molecular formula is C50H52N2O4S8. The van der Waals surface area contributed by atoms with Gasteiger partial charge in [0.2, 0.25) is 0 Å². The maximum absolute atomic E-state index is 13.6. The number of aryl methyl sites for hydroxylation is 2. The summed E-state index contributed by atoms with van der Waals surface area (Å²) in [5.41, 5.74) is -1.08. The normalized spacial score (nSPS) is 10.9. The summed E-state index contributed by atoms with van der Waals surface area (Å²) in [7, 11) is 3.14. The third kappa shape index (κ3) is 9.30. The van der Waals surface area contributed by atoms with Crippen molar-refractivity contribution in [3.63, 3.8) is 0 Å². The number of rotatable bonds is 7. The molecule has 0 radical (unpaired) electrons. The molecule has 0 N–H and O–H groups in total. The van der Waals surface area contributed by atoms with Crippen LogP contribution in [0.4, 0.5) is 0 Å². The van der Waals surface area contributed by atoms with Crippen LogP contribution < -0.4 is 22.2 Å². The molecule has 14 heteroatoms. The Kier molecular flexibility index (Phi) is 16.5. The van der Waals surface area contributed by atoms with Crippen LogP contribution in [0.25, 0.3) is 79.4 Å². The number of hydrogen-bond donors (Lipinski definition) is 0. The first-order valence-electron chi connectivity index (χ1n) is 21.6. The minimum Gasteiger partial charge on any atom is -0.277 e. The van der Waals surface area contributed by atoms with Gasteiger partial charge in [0.25, 0.3) is 22.2 Å². The molecule has 0 aliphatic rings. The summed E-state index contributed by atoms with van der Waals surface area (Å²) >= 11 is 13.2. The molecule has 6 nitrogen and oxygen atoms in total. The van der Waals surface area contributed by atoms with Gasteiger partial charge in [0.15, 0.2) is 0 Å². The van der Waals surface area contributed by atoms with Gasteiger partial charge >= 0.3 is 0 Å². The van der Waals surface area contributed by atoms with Crippen molar-refractivity contribution in [2.75, 3.05) is 0 Å². The predicted molar refractivity (Wildman–Crippen MR) is 293 cm³/mol. The van der Waals surface area contributed by atoms with Crippen molar-refractivity contribution in [2.24, 2.45) is 14.1 Å². The molecule has 0 aromatic carbocycles. The van der Waals surface area contributed by atoms with Crippen molar-refractivity contribution < 1.29 is 0 Å². The summed E-state index contributed by atoms with van der Waals surface area (Å²) < 4.78 is 5.93. The average Bonchev–Trinajstić information content (AvgIpc) is 4.18. The van der Waals surface area contributed by atoms with Crippen molar-refractivity contribution in [2.45, 2.75) is 82.1 Å². The van der Waals surface area contributed by atoms with Crippen molar-refractivity contribution in [3.05, 3.63) is 134 Å². The summed E-state index contributed by atoms with van der Waals surface area (Å²) in [6.07, 6.45) is 1.73. The van der Waals surface area contributed by atoms with Crippen LogP contribution in [-0.4, -0.2) is 9.13 Å². The van der Waals surface area contributed by atoms with Gasteiger partial charge in [-0.2, -0.15) is 0 Å². The fourth-order valence-electron chi connectivity index (χ4n) is 6.92. The van der Waals surface area contributed by atoms with Crippen LogP contribution >= 0.6 is 90.7 Å². The van der Waals surface area contributed by atoms with Crippen molar-refractivity contribution in [1.82, 2.24) is 9.13 Å². The molecule has 0 saturated carbocycles. The predicted octanol–water partition coefficient (Wildman–Crippen LogP) is 16.1. The highest BCUT2D eigenvalue weighted by Crippen LogP contribution is 2.45. The van der Waals surface area contributed by atoms with Crippen molar-refractivity contribution in [3.8, 4) is 39.0 Å². The van der Waals surface area contributed by atoms with Crippen LogP contribution in [-0.2, 0) is 26.9 Å². The second-order valence-corrected chi connectivity index (χ2v) is 22.5. The number of aromatic nitrogens is 2. The molecule has 334 valence electrons. The van der Waals surface area contributed by atoms with E-state index in [9.17, 15) is 19.2 Å². The zero-order chi connectivity index (χ0) is 46.6. The van der Waals surface area contributed by atoms with Crippen molar-refractivity contribution >= 4 is 131 Å². The fraction of sp³-hybridized carbons (Fsp3) is 0.280. The first kappa shape index (κ1) is 49.3. The van der Waals surface area contributed by atoms with Crippen LogP contribution in [0.5, 0.6) is 0 Å². The van der Waals surface area contributed by atoms with Gasteiger partial charge in [-0.15, -0.1) is 90.7 Å². The number of nitrogens with zero attached hydrogens (tertiary/aromatic N) is 2. The van der Waals surface area contributed by atoms with Gasteiger partial charge in [-0.05, 0) is 86.1 Å². The Hall–Kier alpha value is -4.12. The number of hydrogen-bond acceptors (Lipinski definition) is 12. The molecule has 10 aromatic rings. The monoisotopic (exact) mass is 1000 g/mol. The third-order valence-corrected chi connectivity index (χ3v) is 19.9. The van der Waals surface area contributed by atoms with E-state index in [0.717, 1.165) is 70.7 Å². The zero-order valence-electron chi connectivity index (χ0n) is 38.1. The topological polar surface area (TPSA) is 78.1 Å². The largest absolute Gasteiger partial charge is 0.277 e. The van der Waals surface area contributed by atoms with E-state index in [0.29, 0.717) is 21.5 Å². The maximum Gasteiger partial charge on any atom is 0.262 e. The van der Waals surface area contributed by atoms with E-state index in [2.05, 4.69) is 62.4 Å². The second kappa shape index (κ2) is 21.5. The fourth-order valence-corrected chi connectivity index (χ4v) is 16.1. The minimum atomic E-state index is -0.276. The van der Waals surface area contributed by atoms with E-state index in [1.165, 1.54) is 28.6 Å². The van der Waals surface area contributed by atoms with Gasteiger partial charge < -0.3 is 0 Å². The molecule has 0 aliphatic heterocycles. The van der Waals surface area contributed by atoms with Gasteiger partial charge in [-0.3, -0.25) is 28.3 Å². The molecule has 0 spiro atoms. The molecule has 0 atom stereocenters. The summed E-state index contributed by atoms with van der Waals surface area (Å²) in [4.78, 5) is 67.4. The van der Waals surface area contributed by atoms with E-state index in [1.807, 2.05) is 79.7 Å². The van der Waals surface area contributed by atoms with Crippen LogP contribution in [0.15, 0.2) is 92.0 Å². The molecule has 64 heavy (non-hydrogen) atoms. The molecule has 0 bridgehead atoms. The molecule has 0 fully saturated rings. The summed E-state index contributed by atoms with van der Waals surface area (Å²) in [6, 6.07) is 24.8. The Labute approximate surface area is 405 Å². The minimum absolute atomic E-state index is 0.264. The van der Waals surface area contributed by atoms with E-state index < -0.39 is 0 Å². The van der Waals surface area contributed by atoms with Crippen LogP contribution in [0.2, 0.25) is 0 Å². The maximum atomic E-state index is 13.6. The molecule has 0 unspecified atom stereocenters. The highest BCUT2D eigenvalue weighted by molar-refractivity contribution is 7.33. The standard InChI is InChI=1S/C42H28N2O4S8.4C2H6/c1-5-20-7-11-28(50-20)32-16-24-37(54-32)38-26(42(48)44(4)40(24)46)18-34(56-38)30-13-9-22(52-30)14-21-8-12-29(51-21)33-17-25-36(55-33)35-23(39(45)43(3)41(25)47)15-31(53-35)27-10-6-19(2)49-27;4*1-2/h6-13,15-18H,5,14H2,1-4H3;4*1-2H3. The Morgan fingerprint density at radius 1 is 0.375 bits per heavy atom. The van der Waals surface area contributed by atoms with Crippen LogP contribution in [0, 0.1) is 6.92 Å². The van der Waals surface area contributed by atoms with E-state index >= 15 is 0 Å². The van der Waals surface area contributed by atoms with Gasteiger partial charge in [0.1, 0.15) is 0 Å². The lowest BCUT2D eigenvalue weighted by Gasteiger charge is -1.94. The second-order valence-electron chi connectivity index (χ2n) is 13.5. The summed E-state index contributed by atoms with van der Waals surface area (Å²) in [6.45, 7) is 20.2. The lowest BCUT2D eigenvalue weighted by Crippen LogP contribution is -2.26. The summed E-state index contributed by atoms with van der Waals surface area (Å²) in [5, 5.41) is 2.30. The lowest BCUT2D eigenvalue weighted by molar-refractivity contribution is 0.846. The van der Waals surface area contributed by atoms with Gasteiger partial charge in [-0.1, -0.05) is 62.3 Å². The Morgan fingerprint density at radius 2 is 0.656 bits per heavy atom. The first-order chi connectivity index (χ1) is 31.0. The van der Waals surface area contributed by atoms with Crippen molar-refractivity contribution in [1.29, 1.82) is 0 Å². The van der Waals surface area contributed by atoms with E-state index in [1.54, 1.807) is 105 Å². The van der Waals surface area contributed by atoms with Crippen LogP contribution in [0.3, 0.4) is 0 Å². The molecule has 10 aromatic heterocycles. The highest BCUT2D eigenvalue weighted by atomic mass is 32.1. The Balaban J connectivity index is 0.000000807. The Bertz CT molecular complexity index is 3480. The average molecular weight is 1000 g/mol. The molecule has 10 heterocycles. The highest BCUT2D eigenvalue weighted by Gasteiger charge is 2.20. The molecule has 0 saturated heterocycles. The molecule has 0 amide bonds. The van der Waals surface area contributed by atoms with Crippen LogP contribution in [0.1, 0.15) is 81.8 Å². The van der Waals surface area contributed by atoms with Gasteiger partial charge in [-0.25, -0.2) is 0 Å². The SMILES string of the molecule is CC.CC.CC.CC.CCc1ccc(-c2cc3c(=O)n(C)c(=O)c4cc(-c5ccc(Cc6ccc(-c7cc8c(=O)n(C)c(=O)c9cc(-c%10ccc(C)s%10)sc9c8s7)s6)s5)sc4c3s2)s1. The smallest absolute Gasteiger partial charge is 0.262 e. The number of thiophene rings is 8. The van der Waals surface area contributed by atoms with E-state index in [-0.39, 0.29) is 22.2 Å². The quantitative estimate of drug-likeness (QED) is 0.159. The molecule has 0 aliphatic carbocycles. The lowest BCUT2D eigenvalue weighted by atomic mass is 10.2. The summed E-state index contributed by atoms with van der Waals surface area (Å²) in [5.74, 6) is 0. The van der Waals surface area contributed by atoms with Gasteiger partial charge in [0.05, 0.1) is 40.3 Å². The third-order valence-electron chi connectivity index (χ3n) is 9.87. The first-order valence-corrected chi connectivity index (χ1v) is 28.1. The van der Waals surface area contributed by atoms with Gasteiger partial charge in [0, 0.05) is 79.0 Å². The molecule has 10 rings (SSSR count). The molecular weight excluding hydrogens is 949 g/mol. The van der Waals surface area contributed by atoms with E-state index in [4.69, 9.17) is 0 Å².